The second-order valence-electron chi connectivity index (χ2n) is 4.58. The average molecular weight is 300 g/mol. The van der Waals surface area contributed by atoms with Crippen LogP contribution < -0.4 is 0 Å². The zero-order chi connectivity index (χ0) is 14.7. The minimum atomic E-state index is -0.985. The number of hydrogen-bond donors (Lipinski definition) is 1. The van der Waals surface area contributed by atoms with Crippen molar-refractivity contribution in [2.24, 2.45) is 0 Å². The van der Waals surface area contributed by atoms with E-state index in [0.29, 0.717) is 0 Å². The Morgan fingerprint density at radius 1 is 1.14 bits per heavy atom. The lowest BCUT2D eigenvalue weighted by atomic mass is 10.1. The Kier molecular flexibility index (Phi) is 4.03. The topological polar surface area (TPSA) is 46.0 Å². The Bertz CT molecular complexity index is 730. The van der Waals surface area contributed by atoms with Gasteiger partial charge in [0.2, 0.25) is 0 Å². The fourth-order valence-electron chi connectivity index (χ4n) is 2.05. The lowest BCUT2D eigenvalue weighted by molar-refractivity contribution is 0.168. The highest BCUT2D eigenvalue weighted by atomic mass is 32.1. The molecule has 1 N–H and O–H groups in total. The first kappa shape index (κ1) is 13.9. The summed E-state index contributed by atoms with van der Waals surface area (Å²) in [6.07, 6.45) is 0.741. The highest BCUT2D eigenvalue weighted by Gasteiger charge is 2.16. The van der Waals surface area contributed by atoms with E-state index in [9.17, 15) is 9.50 Å². The number of aromatic nitrogens is 2. The second-order valence-corrected chi connectivity index (χ2v) is 5.53. The van der Waals surface area contributed by atoms with Gasteiger partial charge in [0.25, 0.3) is 0 Å². The number of aliphatic hydroxyl groups is 1. The van der Waals surface area contributed by atoms with Crippen LogP contribution in [0.4, 0.5) is 4.39 Å². The smallest absolute Gasteiger partial charge is 0.147 e. The number of benzene rings is 1. The van der Waals surface area contributed by atoms with Crippen LogP contribution in [0, 0.1) is 5.82 Å². The number of nitrogens with zero attached hydrogens (tertiary/aromatic N) is 2. The van der Waals surface area contributed by atoms with E-state index in [1.54, 1.807) is 0 Å². The molecule has 0 bridgehead atoms. The lowest BCUT2D eigenvalue weighted by Crippen LogP contribution is -2.06. The third kappa shape index (κ3) is 3.15. The summed E-state index contributed by atoms with van der Waals surface area (Å²) >= 11 is 1.45. The molecule has 3 nitrogen and oxygen atoms in total. The van der Waals surface area contributed by atoms with Crippen molar-refractivity contribution in [2.75, 3.05) is 0 Å². The standard InChI is InChI=1S/C16H13FN2OS/c17-12-7-4-8-18-16(12)14(20)9-15-19-13(10-21-15)11-5-2-1-3-6-11/h1-8,10,14,20H,9H2. The maximum atomic E-state index is 13.6. The summed E-state index contributed by atoms with van der Waals surface area (Å²) < 4.78 is 13.6. The van der Waals surface area contributed by atoms with Crippen molar-refractivity contribution in [1.29, 1.82) is 0 Å². The van der Waals surface area contributed by atoms with E-state index < -0.39 is 11.9 Å². The van der Waals surface area contributed by atoms with Gasteiger partial charge in [-0.3, -0.25) is 4.98 Å². The molecule has 0 fully saturated rings. The van der Waals surface area contributed by atoms with Gasteiger partial charge in [-0.05, 0) is 12.1 Å². The van der Waals surface area contributed by atoms with E-state index in [2.05, 4.69) is 9.97 Å². The number of hydrogen-bond acceptors (Lipinski definition) is 4. The van der Waals surface area contributed by atoms with Gasteiger partial charge in [-0.2, -0.15) is 0 Å². The molecule has 1 unspecified atom stereocenters. The van der Waals surface area contributed by atoms with Crippen LogP contribution in [0.25, 0.3) is 11.3 Å². The van der Waals surface area contributed by atoms with E-state index in [-0.39, 0.29) is 12.1 Å². The van der Waals surface area contributed by atoms with Gasteiger partial charge >= 0.3 is 0 Å². The van der Waals surface area contributed by atoms with Crippen LogP contribution in [-0.4, -0.2) is 15.1 Å². The lowest BCUT2D eigenvalue weighted by Gasteiger charge is -2.08. The van der Waals surface area contributed by atoms with Gasteiger partial charge in [0, 0.05) is 23.6 Å². The zero-order valence-corrected chi connectivity index (χ0v) is 11.9. The van der Waals surface area contributed by atoms with Gasteiger partial charge in [-0.15, -0.1) is 11.3 Å². The molecule has 0 amide bonds. The Balaban J connectivity index is 1.77. The first-order chi connectivity index (χ1) is 10.2. The molecule has 0 aliphatic rings. The minimum absolute atomic E-state index is 0.0639. The summed E-state index contributed by atoms with van der Waals surface area (Å²) in [5, 5.41) is 12.8. The third-order valence-electron chi connectivity index (χ3n) is 3.09. The van der Waals surface area contributed by atoms with Crippen molar-refractivity contribution in [1.82, 2.24) is 9.97 Å². The van der Waals surface area contributed by atoms with Gasteiger partial charge in [0.05, 0.1) is 10.7 Å². The number of pyridine rings is 1. The molecule has 0 aliphatic heterocycles. The third-order valence-corrected chi connectivity index (χ3v) is 3.96. The van der Waals surface area contributed by atoms with Crippen molar-refractivity contribution in [3.05, 3.63) is 70.6 Å². The van der Waals surface area contributed by atoms with Gasteiger partial charge in [-0.1, -0.05) is 30.3 Å². The molecule has 1 aromatic carbocycles. The van der Waals surface area contributed by atoms with E-state index in [1.807, 2.05) is 35.7 Å². The Morgan fingerprint density at radius 3 is 2.71 bits per heavy atom. The number of aliphatic hydroxyl groups excluding tert-OH is 1. The fourth-order valence-corrected chi connectivity index (χ4v) is 2.89. The summed E-state index contributed by atoms with van der Waals surface area (Å²) in [6, 6.07) is 12.6. The molecular formula is C16H13FN2OS. The molecule has 0 saturated carbocycles. The maximum absolute atomic E-state index is 13.6. The zero-order valence-electron chi connectivity index (χ0n) is 11.1. The molecule has 3 aromatic rings. The maximum Gasteiger partial charge on any atom is 0.147 e. The van der Waals surface area contributed by atoms with Gasteiger partial charge in [0.1, 0.15) is 17.6 Å². The summed E-state index contributed by atoms with van der Waals surface area (Å²) in [5.74, 6) is -0.496. The normalized spacial score (nSPS) is 12.3. The van der Waals surface area contributed by atoms with Crippen molar-refractivity contribution in [3.63, 3.8) is 0 Å². The number of thiazole rings is 1. The van der Waals surface area contributed by atoms with Crippen LogP contribution >= 0.6 is 11.3 Å². The Hall–Kier alpha value is -2.11. The molecule has 2 aromatic heterocycles. The largest absolute Gasteiger partial charge is 0.386 e. The molecule has 0 aliphatic carbocycles. The molecule has 0 radical (unpaired) electrons. The van der Waals surface area contributed by atoms with Crippen molar-refractivity contribution in [3.8, 4) is 11.3 Å². The molecule has 2 heterocycles. The fraction of sp³-hybridized carbons (Fsp3) is 0.125. The summed E-state index contributed by atoms with van der Waals surface area (Å²) in [6.45, 7) is 0. The predicted octanol–water partition coefficient (Wildman–Crippen LogP) is 3.62. The number of halogens is 1. The van der Waals surface area contributed by atoms with Gasteiger partial charge in [-0.25, -0.2) is 9.37 Å². The average Bonchev–Trinajstić information content (AvgIpc) is 2.97. The minimum Gasteiger partial charge on any atom is -0.386 e. The van der Waals surface area contributed by atoms with E-state index in [0.717, 1.165) is 16.3 Å². The van der Waals surface area contributed by atoms with Crippen LogP contribution in [-0.2, 0) is 6.42 Å². The molecule has 21 heavy (non-hydrogen) atoms. The van der Waals surface area contributed by atoms with Crippen LogP contribution in [0.1, 0.15) is 16.8 Å². The molecule has 0 saturated heterocycles. The first-order valence-electron chi connectivity index (χ1n) is 6.52. The van der Waals surface area contributed by atoms with Crippen LogP contribution in [0.15, 0.2) is 54.0 Å². The molecule has 0 spiro atoms. The number of rotatable bonds is 4. The first-order valence-corrected chi connectivity index (χ1v) is 7.40. The summed E-state index contributed by atoms with van der Waals surface area (Å²) in [5.41, 5.74) is 1.96. The SMILES string of the molecule is OC(Cc1nc(-c2ccccc2)cs1)c1ncccc1F. The molecule has 106 valence electrons. The van der Waals surface area contributed by atoms with E-state index in [1.165, 1.54) is 29.7 Å². The van der Waals surface area contributed by atoms with Crippen LogP contribution in [0.5, 0.6) is 0 Å². The van der Waals surface area contributed by atoms with Crippen molar-refractivity contribution >= 4 is 11.3 Å². The van der Waals surface area contributed by atoms with E-state index in [4.69, 9.17) is 0 Å². The quantitative estimate of drug-likeness (QED) is 0.800. The van der Waals surface area contributed by atoms with Gasteiger partial charge in [0.15, 0.2) is 0 Å². The molecular weight excluding hydrogens is 287 g/mol. The highest BCUT2D eigenvalue weighted by Crippen LogP contribution is 2.25. The molecule has 5 heteroatoms. The van der Waals surface area contributed by atoms with E-state index >= 15 is 0 Å². The van der Waals surface area contributed by atoms with Crippen molar-refractivity contribution < 1.29 is 9.50 Å². The van der Waals surface area contributed by atoms with Crippen molar-refractivity contribution in [2.45, 2.75) is 12.5 Å². The van der Waals surface area contributed by atoms with Crippen LogP contribution in [0.2, 0.25) is 0 Å². The summed E-state index contributed by atoms with van der Waals surface area (Å²) in [4.78, 5) is 8.38. The predicted molar refractivity (Wildman–Crippen MR) is 80.4 cm³/mol. The monoisotopic (exact) mass is 300 g/mol. The Morgan fingerprint density at radius 2 is 1.95 bits per heavy atom. The van der Waals surface area contributed by atoms with Crippen LogP contribution in [0.3, 0.4) is 0 Å². The Labute approximate surface area is 125 Å². The second kappa shape index (κ2) is 6.11. The highest BCUT2D eigenvalue weighted by molar-refractivity contribution is 7.09. The molecule has 3 rings (SSSR count). The van der Waals surface area contributed by atoms with Gasteiger partial charge < -0.3 is 5.11 Å². The molecule has 1 atom stereocenters. The summed E-state index contributed by atoms with van der Waals surface area (Å²) in [7, 11) is 0.